The van der Waals surface area contributed by atoms with Gasteiger partial charge in [0.2, 0.25) is 0 Å². The molecule has 0 aliphatic rings. The molecule has 2 aromatic rings. The number of ether oxygens (including phenoxy) is 2. The fourth-order valence-corrected chi connectivity index (χ4v) is 2.22. The summed E-state index contributed by atoms with van der Waals surface area (Å²) >= 11 is 3.20. The van der Waals surface area contributed by atoms with E-state index in [1.807, 2.05) is 24.3 Å². The average Bonchev–Trinajstić information content (AvgIpc) is 2.63. The van der Waals surface area contributed by atoms with Crippen LogP contribution in [0, 0.1) is 0 Å². The molecule has 0 saturated carbocycles. The first-order valence-corrected chi connectivity index (χ1v) is 9.34. The monoisotopic (exact) mass is 404 g/mol. The highest BCUT2D eigenvalue weighted by atomic mass is 79.9. The smallest absolute Gasteiger partial charge is 0.312 e. The van der Waals surface area contributed by atoms with Crippen LogP contribution in [0.15, 0.2) is 58.8 Å². The van der Waals surface area contributed by atoms with Gasteiger partial charge < -0.3 is 9.47 Å². The molecule has 0 saturated heterocycles. The van der Waals surface area contributed by atoms with Crippen LogP contribution in [0.1, 0.15) is 26.2 Å². The van der Waals surface area contributed by atoms with Crippen molar-refractivity contribution in [2.45, 2.75) is 26.2 Å². The molecule has 0 unspecified atom stereocenters. The Bertz CT molecular complexity index is 685. The van der Waals surface area contributed by atoms with Crippen molar-refractivity contribution in [2.75, 3.05) is 11.9 Å². The summed E-state index contributed by atoms with van der Waals surface area (Å²) in [5.74, 6) is 1.06. The molecule has 0 fully saturated rings. The molecule has 0 bridgehead atoms. The fraction of sp³-hybridized carbons (Fsp3) is 0.316. The van der Waals surface area contributed by atoms with Crippen LogP contribution >= 0.6 is 15.9 Å². The second-order valence-corrected chi connectivity index (χ2v) is 6.10. The molecular formula is C19H21BrN2O3. The van der Waals surface area contributed by atoms with E-state index in [0.29, 0.717) is 23.2 Å². The Labute approximate surface area is 156 Å². The Morgan fingerprint density at radius 3 is 2.04 bits per heavy atom. The number of unbranched alkanes of at least 4 members (excludes halogenated alkanes) is 1. The molecule has 0 atom stereocenters. The number of hydrogen-bond acceptors (Lipinski definition) is 5. The molecular weight excluding hydrogens is 384 g/mol. The van der Waals surface area contributed by atoms with E-state index in [-0.39, 0.29) is 5.97 Å². The number of rotatable bonds is 9. The summed E-state index contributed by atoms with van der Waals surface area (Å²) in [6, 6.07) is 14.4. The number of benzene rings is 2. The van der Waals surface area contributed by atoms with Gasteiger partial charge in [0.15, 0.2) is 0 Å². The molecule has 25 heavy (non-hydrogen) atoms. The van der Waals surface area contributed by atoms with Gasteiger partial charge in [-0.05, 0) is 55.0 Å². The first-order valence-electron chi connectivity index (χ1n) is 8.22. The zero-order valence-corrected chi connectivity index (χ0v) is 15.7. The molecule has 0 N–H and O–H groups in total. The van der Waals surface area contributed by atoms with Crippen LogP contribution < -0.4 is 9.47 Å². The Balaban J connectivity index is 1.89. The van der Waals surface area contributed by atoms with E-state index < -0.39 is 0 Å². The third-order valence-corrected chi connectivity index (χ3v) is 3.65. The lowest BCUT2D eigenvalue weighted by molar-refractivity contribution is -0.133. The molecule has 0 aromatic heterocycles. The van der Waals surface area contributed by atoms with Crippen molar-refractivity contribution in [1.82, 2.24) is 0 Å². The van der Waals surface area contributed by atoms with E-state index in [4.69, 9.17) is 9.47 Å². The van der Waals surface area contributed by atoms with Crippen molar-refractivity contribution in [3.8, 4) is 11.5 Å². The van der Waals surface area contributed by atoms with Gasteiger partial charge in [0.1, 0.15) is 11.5 Å². The molecule has 6 heteroatoms. The summed E-state index contributed by atoms with van der Waals surface area (Å²) in [5.41, 5.74) is 1.43. The van der Waals surface area contributed by atoms with Crippen LogP contribution in [-0.2, 0) is 4.79 Å². The molecule has 0 aliphatic carbocycles. The minimum Gasteiger partial charge on any atom is -0.494 e. The minimum atomic E-state index is -0.271. The Morgan fingerprint density at radius 1 is 0.960 bits per heavy atom. The van der Waals surface area contributed by atoms with Crippen LogP contribution in [0.5, 0.6) is 11.5 Å². The molecule has 2 aromatic carbocycles. The number of carbonyl (C=O) groups excluding carboxylic acids is 1. The zero-order valence-electron chi connectivity index (χ0n) is 14.2. The van der Waals surface area contributed by atoms with Gasteiger partial charge in [-0.15, -0.1) is 0 Å². The lowest BCUT2D eigenvalue weighted by atomic mass is 10.3. The van der Waals surface area contributed by atoms with Crippen molar-refractivity contribution in [3.63, 3.8) is 0 Å². The van der Waals surface area contributed by atoms with E-state index in [2.05, 4.69) is 33.1 Å². The SMILES string of the molecule is CCCCOc1ccc(N=Nc2ccc(OC(=O)CCBr)cc2)cc1. The van der Waals surface area contributed by atoms with Crippen molar-refractivity contribution in [2.24, 2.45) is 10.2 Å². The van der Waals surface area contributed by atoms with Crippen molar-refractivity contribution >= 4 is 33.3 Å². The summed E-state index contributed by atoms with van der Waals surface area (Å²) in [6.45, 7) is 2.86. The van der Waals surface area contributed by atoms with Gasteiger partial charge in [0.05, 0.1) is 24.4 Å². The summed E-state index contributed by atoms with van der Waals surface area (Å²) in [4.78, 5) is 11.4. The number of hydrogen-bond donors (Lipinski definition) is 0. The average molecular weight is 405 g/mol. The number of nitrogens with zero attached hydrogens (tertiary/aromatic N) is 2. The Hall–Kier alpha value is -2.21. The van der Waals surface area contributed by atoms with Crippen LogP contribution in [0.3, 0.4) is 0 Å². The number of azo groups is 1. The predicted octanol–water partition coefficient (Wildman–Crippen LogP) is 5.97. The lowest BCUT2D eigenvalue weighted by Crippen LogP contribution is -2.07. The van der Waals surface area contributed by atoms with Crippen molar-refractivity contribution < 1.29 is 14.3 Å². The molecule has 2 rings (SSSR count). The number of halogens is 1. The summed E-state index contributed by atoms with van der Waals surface area (Å²) in [5, 5.41) is 8.95. The zero-order chi connectivity index (χ0) is 17.9. The molecule has 132 valence electrons. The van der Waals surface area contributed by atoms with E-state index in [1.54, 1.807) is 24.3 Å². The maximum absolute atomic E-state index is 11.4. The number of alkyl halides is 1. The standard InChI is InChI=1S/C19H21BrN2O3/c1-2-3-14-24-17-8-4-15(5-9-17)21-22-16-6-10-18(11-7-16)25-19(23)12-13-20/h4-11H,2-3,12-14H2,1H3. The largest absolute Gasteiger partial charge is 0.494 e. The lowest BCUT2D eigenvalue weighted by Gasteiger charge is -2.04. The normalized spacial score (nSPS) is 10.8. The Morgan fingerprint density at radius 2 is 1.52 bits per heavy atom. The topological polar surface area (TPSA) is 60.3 Å². The van der Waals surface area contributed by atoms with Gasteiger partial charge >= 0.3 is 5.97 Å². The van der Waals surface area contributed by atoms with Gasteiger partial charge in [0.25, 0.3) is 0 Å². The third kappa shape index (κ3) is 7.05. The second-order valence-electron chi connectivity index (χ2n) is 5.30. The van der Waals surface area contributed by atoms with Gasteiger partial charge in [-0.3, -0.25) is 4.79 Å². The fourth-order valence-electron chi connectivity index (χ4n) is 1.90. The number of carbonyl (C=O) groups is 1. The van der Waals surface area contributed by atoms with E-state index in [9.17, 15) is 4.79 Å². The van der Waals surface area contributed by atoms with E-state index in [1.165, 1.54) is 0 Å². The van der Waals surface area contributed by atoms with Crippen LogP contribution in [-0.4, -0.2) is 17.9 Å². The molecule has 5 nitrogen and oxygen atoms in total. The maximum atomic E-state index is 11.4. The highest BCUT2D eigenvalue weighted by Gasteiger charge is 2.03. The minimum absolute atomic E-state index is 0.271. The van der Waals surface area contributed by atoms with Crippen molar-refractivity contribution in [3.05, 3.63) is 48.5 Å². The summed E-state index contributed by atoms with van der Waals surface area (Å²) in [7, 11) is 0. The summed E-state index contributed by atoms with van der Waals surface area (Å²) in [6.07, 6.45) is 2.49. The molecule has 0 amide bonds. The molecule has 0 heterocycles. The quantitative estimate of drug-likeness (QED) is 0.170. The highest BCUT2D eigenvalue weighted by Crippen LogP contribution is 2.23. The molecule has 0 radical (unpaired) electrons. The van der Waals surface area contributed by atoms with Gasteiger partial charge in [-0.1, -0.05) is 29.3 Å². The highest BCUT2D eigenvalue weighted by molar-refractivity contribution is 9.09. The number of esters is 1. The first-order chi connectivity index (χ1) is 12.2. The third-order valence-electron chi connectivity index (χ3n) is 3.25. The maximum Gasteiger partial charge on any atom is 0.312 e. The second kappa shape index (κ2) is 10.6. The van der Waals surface area contributed by atoms with Gasteiger partial charge in [-0.2, -0.15) is 10.2 Å². The van der Waals surface area contributed by atoms with Crippen molar-refractivity contribution in [1.29, 1.82) is 0 Å². The molecule has 0 aliphatic heterocycles. The van der Waals surface area contributed by atoms with Crippen LogP contribution in [0.4, 0.5) is 11.4 Å². The van der Waals surface area contributed by atoms with Gasteiger partial charge in [0, 0.05) is 5.33 Å². The Kier molecular flexibility index (Phi) is 8.12. The van der Waals surface area contributed by atoms with E-state index in [0.717, 1.165) is 30.9 Å². The van der Waals surface area contributed by atoms with Crippen LogP contribution in [0.25, 0.3) is 0 Å². The van der Waals surface area contributed by atoms with Gasteiger partial charge in [-0.25, -0.2) is 0 Å². The van der Waals surface area contributed by atoms with E-state index >= 15 is 0 Å². The molecule has 0 spiro atoms. The first kappa shape index (κ1) is 19.1. The predicted molar refractivity (Wildman–Crippen MR) is 102 cm³/mol. The summed E-state index contributed by atoms with van der Waals surface area (Å²) < 4.78 is 10.8. The van der Waals surface area contributed by atoms with Crippen LogP contribution in [0.2, 0.25) is 0 Å².